The lowest BCUT2D eigenvalue weighted by atomic mass is 10.0. The second-order valence-corrected chi connectivity index (χ2v) is 7.35. The number of aliphatic carboxylic acids is 1. The fourth-order valence-corrected chi connectivity index (χ4v) is 3.29. The van der Waals surface area contributed by atoms with Crippen LogP contribution >= 0.6 is 0 Å². The first-order valence-electron chi connectivity index (χ1n) is 9.84. The van der Waals surface area contributed by atoms with E-state index in [0.29, 0.717) is 42.3 Å². The lowest BCUT2D eigenvalue weighted by Crippen LogP contribution is -2.03. The van der Waals surface area contributed by atoms with Crippen LogP contribution in [-0.2, 0) is 23.8 Å². The van der Waals surface area contributed by atoms with Gasteiger partial charge in [-0.1, -0.05) is 18.2 Å². The van der Waals surface area contributed by atoms with Crippen molar-refractivity contribution in [2.45, 2.75) is 39.3 Å². The molecule has 1 heterocycles. The Morgan fingerprint density at radius 1 is 1.00 bits per heavy atom. The first kappa shape index (κ1) is 22.5. The fourth-order valence-electron chi connectivity index (χ4n) is 3.29. The smallest absolute Gasteiger partial charge is 0.416 e. The minimum Gasteiger partial charge on any atom is -0.493 e. The Morgan fingerprint density at radius 3 is 2.32 bits per heavy atom. The topological polar surface area (TPSA) is 59.7 Å². The number of halogens is 3. The molecule has 0 fully saturated rings. The molecule has 1 aromatic heterocycles. The molecule has 1 N–H and O–H groups in total. The minimum atomic E-state index is -4.37. The van der Waals surface area contributed by atoms with Crippen molar-refractivity contribution in [1.29, 1.82) is 0 Å². The van der Waals surface area contributed by atoms with Crippen LogP contribution in [0.2, 0.25) is 0 Å². The normalized spacial score (nSPS) is 11.5. The molecule has 7 heteroatoms. The Kier molecular flexibility index (Phi) is 6.73. The van der Waals surface area contributed by atoms with Crippen LogP contribution in [0.15, 0.2) is 52.9 Å². The molecular weight excluding hydrogens is 409 g/mol. The van der Waals surface area contributed by atoms with Crippen molar-refractivity contribution in [3.05, 3.63) is 76.5 Å². The molecule has 3 rings (SSSR count). The van der Waals surface area contributed by atoms with E-state index in [1.54, 1.807) is 0 Å². The minimum absolute atomic E-state index is 0.0854. The Bertz CT molecular complexity index is 1050. The summed E-state index contributed by atoms with van der Waals surface area (Å²) in [6, 6.07) is 12.3. The van der Waals surface area contributed by atoms with E-state index in [1.807, 2.05) is 38.1 Å². The molecule has 2 aromatic carbocycles. The molecule has 0 bridgehead atoms. The zero-order valence-corrected chi connectivity index (χ0v) is 17.3. The number of hydrogen-bond acceptors (Lipinski definition) is 3. The van der Waals surface area contributed by atoms with Gasteiger partial charge in [0.2, 0.25) is 0 Å². The van der Waals surface area contributed by atoms with Crippen LogP contribution in [0.3, 0.4) is 0 Å². The standard InChI is InChI=1S/C24H23F3O4/c1-15-13-21(9-5-17(15)6-10-23(28)29)30-12-11-19-14-22(31-16(19)2)18-3-7-20(8-4-18)24(25,26)27/h3-5,7-9,13-14H,6,10-12H2,1-2H3,(H,28,29). The Balaban J connectivity index is 1.60. The summed E-state index contributed by atoms with van der Waals surface area (Å²) < 4.78 is 49.7. The van der Waals surface area contributed by atoms with Gasteiger partial charge in [-0.15, -0.1) is 0 Å². The van der Waals surface area contributed by atoms with E-state index in [1.165, 1.54) is 12.1 Å². The summed E-state index contributed by atoms with van der Waals surface area (Å²) >= 11 is 0. The van der Waals surface area contributed by atoms with Crippen LogP contribution in [0.1, 0.15) is 34.4 Å². The van der Waals surface area contributed by atoms with Gasteiger partial charge < -0.3 is 14.3 Å². The molecule has 0 saturated carbocycles. The number of carboxylic acids is 1. The van der Waals surface area contributed by atoms with Gasteiger partial charge in [0.25, 0.3) is 0 Å². The second kappa shape index (κ2) is 9.29. The van der Waals surface area contributed by atoms with E-state index in [4.69, 9.17) is 14.3 Å². The van der Waals surface area contributed by atoms with Crippen LogP contribution in [0, 0.1) is 13.8 Å². The highest BCUT2D eigenvalue weighted by atomic mass is 19.4. The number of ether oxygens (including phenoxy) is 1. The second-order valence-electron chi connectivity index (χ2n) is 7.35. The summed E-state index contributed by atoms with van der Waals surface area (Å²) in [5.41, 5.74) is 2.75. The monoisotopic (exact) mass is 432 g/mol. The summed E-state index contributed by atoms with van der Waals surface area (Å²) in [7, 11) is 0. The van der Waals surface area contributed by atoms with Gasteiger partial charge in [0.15, 0.2) is 0 Å². The Morgan fingerprint density at radius 2 is 1.71 bits per heavy atom. The van der Waals surface area contributed by atoms with Crippen molar-refractivity contribution >= 4 is 5.97 Å². The molecule has 3 aromatic rings. The van der Waals surface area contributed by atoms with E-state index in [-0.39, 0.29) is 6.42 Å². The molecule has 0 aliphatic heterocycles. The van der Waals surface area contributed by atoms with Gasteiger partial charge in [-0.3, -0.25) is 4.79 Å². The fraction of sp³-hybridized carbons (Fsp3) is 0.292. The van der Waals surface area contributed by atoms with Gasteiger partial charge in [-0.2, -0.15) is 13.2 Å². The molecule has 0 aliphatic rings. The van der Waals surface area contributed by atoms with E-state index in [0.717, 1.165) is 28.8 Å². The number of alkyl halides is 3. The maximum Gasteiger partial charge on any atom is 0.416 e. The summed E-state index contributed by atoms with van der Waals surface area (Å²) in [5, 5.41) is 8.81. The third-order valence-electron chi connectivity index (χ3n) is 5.08. The Hall–Kier alpha value is -3.22. The first-order chi connectivity index (χ1) is 14.6. The van der Waals surface area contributed by atoms with Gasteiger partial charge in [0.05, 0.1) is 12.2 Å². The molecule has 0 unspecified atom stereocenters. The molecule has 0 radical (unpaired) electrons. The number of furan rings is 1. The lowest BCUT2D eigenvalue weighted by Gasteiger charge is -2.09. The van der Waals surface area contributed by atoms with E-state index in [2.05, 4.69) is 0 Å². The van der Waals surface area contributed by atoms with Gasteiger partial charge in [-0.25, -0.2) is 0 Å². The van der Waals surface area contributed by atoms with E-state index in [9.17, 15) is 18.0 Å². The SMILES string of the molecule is Cc1cc(OCCc2cc(-c3ccc(C(F)(F)F)cc3)oc2C)ccc1CCC(=O)O. The lowest BCUT2D eigenvalue weighted by molar-refractivity contribution is -0.138. The summed E-state index contributed by atoms with van der Waals surface area (Å²) in [6.07, 6.45) is -3.23. The highest BCUT2D eigenvalue weighted by molar-refractivity contribution is 5.67. The quantitative estimate of drug-likeness (QED) is 0.459. The molecule has 0 spiro atoms. The molecular formula is C24H23F3O4. The molecule has 0 saturated heterocycles. The van der Waals surface area contributed by atoms with Crippen molar-refractivity contribution in [2.75, 3.05) is 6.61 Å². The zero-order chi connectivity index (χ0) is 22.6. The Labute approximate surface area is 178 Å². The summed E-state index contributed by atoms with van der Waals surface area (Å²) in [4.78, 5) is 10.7. The maximum atomic E-state index is 12.7. The number of carbonyl (C=O) groups is 1. The average molecular weight is 432 g/mol. The first-order valence-corrected chi connectivity index (χ1v) is 9.84. The molecule has 164 valence electrons. The van der Waals surface area contributed by atoms with E-state index < -0.39 is 17.7 Å². The third-order valence-corrected chi connectivity index (χ3v) is 5.08. The number of aryl methyl sites for hydroxylation is 3. The van der Waals surface area contributed by atoms with Crippen molar-refractivity contribution in [2.24, 2.45) is 0 Å². The molecule has 0 aliphatic carbocycles. The number of benzene rings is 2. The van der Waals surface area contributed by atoms with Crippen LogP contribution in [0.5, 0.6) is 5.75 Å². The van der Waals surface area contributed by atoms with Gasteiger partial charge in [0.1, 0.15) is 17.3 Å². The van der Waals surface area contributed by atoms with Crippen molar-refractivity contribution in [3.63, 3.8) is 0 Å². The van der Waals surface area contributed by atoms with E-state index >= 15 is 0 Å². The molecule has 0 atom stereocenters. The number of rotatable bonds is 8. The van der Waals surface area contributed by atoms with Crippen LogP contribution < -0.4 is 4.74 Å². The predicted molar refractivity (Wildman–Crippen MR) is 110 cm³/mol. The molecule has 0 amide bonds. The van der Waals surface area contributed by atoms with Crippen molar-refractivity contribution < 1.29 is 32.2 Å². The molecule has 31 heavy (non-hydrogen) atoms. The maximum absolute atomic E-state index is 12.7. The number of hydrogen-bond donors (Lipinski definition) is 1. The van der Waals surface area contributed by atoms with Crippen molar-refractivity contribution in [1.82, 2.24) is 0 Å². The highest BCUT2D eigenvalue weighted by Crippen LogP contribution is 2.32. The largest absolute Gasteiger partial charge is 0.493 e. The van der Waals surface area contributed by atoms with Crippen LogP contribution in [0.4, 0.5) is 13.2 Å². The predicted octanol–water partition coefficient (Wildman–Crippen LogP) is 6.22. The van der Waals surface area contributed by atoms with Crippen molar-refractivity contribution in [3.8, 4) is 17.1 Å². The van der Waals surface area contributed by atoms with Crippen LogP contribution in [-0.4, -0.2) is 17.7 Å². The average Bonchev–Trinajstić information content (AvgIpc) is 3.07. The summed E-state index contributed by atoms with van der Waals surface area (Å²) in [6.45, 7) is 4.13. The van der Waals surface area contributed by atoms with Gasteiger partial charge >= 0.3 is 12.1 Å². The molecule has 4 nitrogen and oxygen atoms in total. The van der Waals surface area contributed by atoms with Gasteiger partial charge in [0, 0.05) is 18.4 Å². The highest BCUT2D eigenvalue weighted by Gasteiger charge is 2.30. The van der Waals surface area contributed by atoms with Crippen LogP contribution in [0.25, 0.3) is 11.3 Å². The third kappa shape index (κ3) is 5.90. The van der Waals surface area contributed by atoms with Gasteiger partial charge in [-0.05, 0) is 67.3 Å². The number of carboxylic acid groups (broad SMARTS) is 1. The summed E-state index contributed by atoms with van der Waals surface area (Å²) in [5.74, 6) is 1.07. The zero-order valence-electron chi connectivity index (χ0n) is 17.3.